The summed E-state index contributed by atoms with van der Waals surface area (Å²) < 4.78 is 57.4. The number of alkyl carbamates (subject to hydrolysis) is 1. The van der Waals surface area contributed by atoms with E-state index in [2.05, 4.69) is 31.9 Å². The molecule has 616 valence electrons. The molecule has 34 nitrogen and oxygen atoms in total. The Balaban J connectivity index is 1.69. The number of likely N-dealkylation sites (N-methyl/N-ethyl adjacent to an activating group) is 2. The van der Waals surface area contributed by atoms with E-state index in [0.717, 1.165) is 32.8 Å². The highest BCUT2D eigenvalue weighted by molar-refractivity contribution is 5.99. The molecule has 10 amide bonds. The SMILES string of the molecule is CC[C@H](C)[C@@H]([C@@H](CC(=O)N1CCC[C@H]1[C@H](OC)[C@@H](C)C(=O)N[C@H](C)[C@@H](O)c1ccccc1)OC)N(C)C(=O)[C@@H](NC(=O)[C@H](C(C)C)N(C)C(=O)OCc1ccc(NC(=O)[C@H](CCCNC(N)=O)NC(=O)[C@@H](NC(=O)OC(C)(C)C)C(C)C)c(O[C@@H]2O[C@H](C(=O)OC)[C@@H](OC(C)=O)[C@H](OC(C)=O)[C@H]2OC(C)=O)c1)C(C)C. The highest BCUT2D eigenvalue weighted by atomic mass is 16.7. The van der Waals surface area contributed by atoms with Gasteiger partial charge in [-0.25, -0.2) is 19.2 Å². The van der Waals surface area contributed by atoms with Crippen molar-refractivity contribution in [1.82, 2.24) is 41.3 Å². The van der Waals surface area contributed by atoms with E-state index in [4.69, 9.17) is 53.1 Å². The van der Waals surface area contributed by atoms with Gasteiger partial charge in [0.2, 0.25) is 47.8 Å². The van der Waals surface area contributed by atoms with Gasteiger partial charge in [-0.2, -0.15) is 0 Å². The molecule has 2 aromatic carbocycles. The number of nitrogens with two attached hydrogens (primary N) is 1. The van der Waals surface area contributed by atoms with Gasteiger partial charge in [0.15, 0.2) is 18.3 Å². The van der Waals surface area contributed by atoms with E-state index in [-0.39, 0.29) is 54.8 Å². The van der Waals surface area contributed by atoms with E-state index in [1.807, 2.05) is 19.9 Å². The van der Waals surface area contributed by atoms with Crippen molar-refractivity contribution in [2.45, 2.75) is 253 Å². The Morgan fingerprint density at radius 1 is 0.709 bits per heavy atom. The minimum absolute atomic E-state index is 0.0469. The summed E-state index contributed by atoms with van der Waals surface area (Å²) >= 11 is 0. The van der Waals surface area contributed by atoms with Crippen molar-refractivity contribution >= 4 is 83.2 Å². The number of urea groups is 1. The molecule has 0 spiro atoms. The third-order valence-electron chi connectivity index (χ3n) is 19.0. The largest absolute Gasteiger partial charge is 0.467 e. The van der Waals surface area contributed by atoms with E-state index in [9.17, 15) is 62.6 Å². The minimum atomic E-state index is -2.02. The zero-order chi connectivity index (χ0) is 82.9. The summed E-state index contributed by atoms with van der Waals surface area (Å²) in [5.41, 5.74) is 4.87. The van der Waals surface area contributed by atoms with Crippen LogP contribution in [0.5, 0.6) is 5.75 Å². The number of nitrogens with zero attached hydrogens (tertiary/aromatic N) is 3. The van der Waals surface area contributed by atoms with Gasteiger partial charge in [-0.1, -0.05) is 105 Å². The first-order valence-electron chi connectivity index (χ1n) is 37.1. The van der Waals surface area contributed by atoms with Crippen molar-refractivity contribution in [3.05, 3.63) is 59.7 Å². The zero-order valence-corrected chi connectivity index (χ0v) is 67.3. The van der Waals surface area contributed by atoms with E-state index in [1.165, 1.54) is 44.4 Å². The van der Waals surface area contributed by atoms with Crippen LogP contribution in [0.4, 0.5) is 20.1 Å². The van der Waals surface area contributed by atoms with Gasteiger partial charge in [-0.15, -0.1) is 0 Å². The van der Waals surface area contributed by atoms with Crippen LogP contribution in [0, 0.1) is 29.6 Å². The number of ether oxygens (including phenoxy) is 10. The van der Waals surface area contributed by atoms with Crippen LogP contribution in [-0.2, 0) is 97.2 Å². The molecule has 17 atom stereocenters. The summed E-state index contributed by atoms with van der Waals surface area (Å²) in [6.45, 7) is 24.9. The molecule has 0 aromatic heterocycles. The van der Waals surface area contributed by atoms with Gasteiger partial charge in [0.1, 0.15) is 42.1 Å². The molecule has 4 rings (SSSR count). The van der Waals surface area contributed by atoms with E-state index in [0.29, 0.717) is 31.4 Å². The monoisotopic (exact) mass is 1550 g/mol. The fourth-order valence-corrected chi connectivity index (χ4v) is 13.3. The number of primary amides is 1. The smallest absolute Gasteiger partial charge is 0.410 e. The molecule has 2 aliphatic heterocycles. The van der Waals surface area contributed by atoms with Crippen LogP contribution in [0.2, 0.25) is 0 Å². The number of nitrogens with one attached hydrogen (secondary N) is 6. The zero-order valence-electron chi connectivity index (χ0n) is 67.3. The molecule has 0 aliphatic carbocycles. The maximum absolute atomic E-state index is 15.1. The van der Waals surface area contributed by atoms with E-state index in [1.54, 1.807) is 112 Å². The summed E-state index contributed by atoms with van der Waals surface area (Å²) in [5.74, 6) is -10.9. The average Bonchev–Trinajstić information content (AvgIpc) is 0.893. The molecule has 2 fully saturated rings. The highest BCUT2D eigenvalue weighted by Crippen LogP contribution is 2.36. The fourth-order valence-electron chi connectivity index (χ4n) is 13.3. The van der Waals surface area contributed by atoms with Crippen molar-refractivity contribution in [3.63, 3.8) is 0 Å². The quantitative estimate of drug-likeness (QED) is 0.0247. The van der Waals surface area contributed by atoms with Crippen LogP contribution in [-0.4, -0.2) is 237 Å². The van der Waals surface area contributed by atoms with Crippen molar-refractivity contribution < 1.29 is 115 Å². The normalized spacial score (nSPS) is 20.0. The maximum atomic E-state index is 15.1. The number of carbonyl (C=O) groups excluding carboxylic acids is 13. The van der Waals surface area contributed by atoms with Gasteiger partial charge >= 0.3 is 42.1 Å². The molecule has 0 unspecified atom stereocenters. The molecule has 0 saturated carbocycles. The van der Waals surface area contributed by atoms with Crippen molar-refractivity contribution in [1.29, 1.82) is 0 Å². The highest BCUT2D eigenvalue weighted by Gasteiger charge is 2.56. The number of esters is 4. The molecule has 2 saturated heterocycles. The van der Waals surface area contributed by atoms with Crippen LogP contribution in [0.1, 0.15) is 167 Å². The Morgan fingerprint density at radius 3 is 1.86 bits per heavy atom. The molecule has 2 heterocycles. The first-order valence-corrected chi connectivity index (χ1v) is 37.1. The number of hydrogen-bond acceptors (Lipinski definition) is 24. The first kappa shape index (κ1) is 93.0. The van der Waals surface area contributed by atoms with Gasteiger partial charge in [0, 0.05) is 62.2 Å². The molecule has 0 bridgehead atoms. The third-order valence-corrected chi connectivity index (χ3v) is 19.0. The molecular formula is C76H118N10O24. The second-order valence-electron chi connectivity index (χ2n) is 29.8. The van der Waals surface area contributed by atoms with Crippen molar-refractivity contribution in [2.24, 2.45) is 35.3 Å². The Morgan fingerprint density at radius 2 is 1.32 bits per heavy atom. The molecule has 2 aromatic rings. The number of benzene rings is 2. The fraction of sp³-hybridized carbons (Fsp3) is 0.671. The van der Waals surface area contributed by atoms with Crippen LogP contribution in [0.15, 0.2) is 48.5 Å². The summed E-state index contributed by atoms with van der Waals surface area (Å²) in [6, 6.07) is 4.93. The maximum Gasteiger partial charge on any atom is 0.410 e. The van der Waals surface area contributed by atoms with Crippen LogP contribution in [0.25, 0.3) is 0 Å². The number of aliphatic hydroxyl groups excluding tert-OH is 1. The Labute approximate surface area is 644 Å². The number of carbonyl (C=O) groups is 13. The number of anilines is 1. The summed E-state index contributed by atoms with van der Waals surface area (Å²) in [4.78, 5) is 182. The first-order chi connectivity index (χ1) is 51.5. The summed E-state index contributed by atoms with van der Waals surface area (Å²) in [7, 11) is 6.82. The Hall–Kier alpha value is -9.41. The summed E-state index contributed by atoms with van der Waals surface area (Å²) in [5, 5.41) is 27.1. The van der Waals surface area contributed by atoms with Crippen LogP contribution in [0.3, 0.4) is 0 Å². The molecular weight excluding hydrogens is 1440 g/mol. The lowest BCUT2D eigenvalue weighted by atomic mass is 9.89. The predicted octanol–water partition coefficient (Wildman–Crippen LogP) is 5.07. The topological polar surface area (TPSA) is 442 Å². The molecule has 110 heavy (non-hydrogen) atoms. The number of likely N-dealkylation sites (tertiary alicyclic amines) is 1. The summed E-state index contributed by atoms with van der Waals surface area (Å²) in [6.07, 6.45) is -12.6. The second kappa shape index (κ2) is 43.3. The van der Waals surface area contributed by atoms with Crippen LogP contribution < -0.4 is 42.4 Å². The molecule has 34 heteroatoms. The molecule has 0 radical (unpaired) electrons. The van der Waals surface area contributed by atoms with E-state index < -0.39 is 199 Å². The molecule has 2 aliphatic rings. The minimum Gasteiger partial charge on any atom is -0.467 e. The Bertz CT molecular complexity index is 3470. The van der Waals surface area contributed by atoms with Gasteiger partial charge in [0.05, 0.1) is 61.6 Å². The number of rotatable bonds is 38. The third kappa shape index (κ3) is 27.0. The van der Waals surface area contributed by atoms with Gasteiger partial charge in [-0.05, 0) is 100 Å². The number of aliphatic hydroxyl groups is 1. The molecule has 9 N–H and O–H groups in total. The lowest BCUT2D eigenvalue weighted by Gasteiger charge is -2.43. The van der Waals surface area contributed by atoms with Gasteiger partial charge in [-0.3, -0.25) is 48.1 Å². The number of hydrogen-bond donors (Lipinski definition) is 8. The van der Waals surface area contributed by atoms with Gasteiger partial charge < -0.3 is 99.9 Å². The van der Waals surface area contributed by atoms with E-state index >= 15 is 4.79 Å². The Kier molecular flexibility index (Phi) is 36.6. The standard InChI is InChI=1S/C76H118N10O24/c1-22-42(8)59(54(101-19)37-55(90)86-35-27-31-52(86)61(102-20)43(9)66(92)79-44(10)60(91)49-28-24-23-25-29-49)84(17)70(96)57(40(4)5)82-69(95)58(41(6)7)85(18)75(100)104-38-48-32-33-50(80-67(93)51(30-26-34-78-73(77)98)81-68(94)56(39(2)3)83-74(99)110-76(14,15)16)53(36-48)108-72-65(107-47(13)89)63(106-46(12)88)62(105-45(11)87)64(109-72)71(97)103-21/h23-25,28-29,32-33,36,39-44,51-52,54,56-65,72,91H,22,26-27,30-31,34-35,37-38H2,1-21H3,(H,79,92)(H,80,93)(H,81,94)(H,82,95)(H,83,99)(H3,77,78,98)/t42-,43+,44+,51-,52-,54+,56-,57-,58-,59-,60+,61+,62-,63-,64-,65+,72+/m0/s1. The second-order valence-corrected chi connectivity index (χ2v) is 29.8. The predicted molar refractivity (Wildman–Crippen MR) is 398 cm³/mol. The number of methoxy groups -OCH3 is 3. The lowest BCUT2D eigenvalue weighted by molar-refractivity contribution is -0.282. The average molecular weight is 1560 g/mol. The number of amides is 10. The lowest BCUT2D eigenvalue weighted by Crippen LogP contribution is -2.64. The van der Waals surface area contributed by atoms with Crippen LogP contribution >= 0.6 is 0 Å². The van der Waals surface area contributed by atoms with Crippen molar-refractivity contribution in [2.75, 3.05) is 53.8 Å². The van der Waals surface area contributed by atoms with Crippen molar-refractivity contribution in [3.8, 4) is 5.75 Å². The van der Waals surface area contributed by atoms with Gasteiger partial charge in [0.25, 0.3) is 0 Å².